The maximum atomic E-state index is 13.2. The molecule has 8 nitrogen and oxygen atoms in total. The molecule has 2 fully saturated rings. The van der Waals surface area contributed by atoms with Gasteiger partial charge in [-0.15, -0.1) is 0 Å². The summed E-state index contributed by atoms with van der Waals surface area (Å²) in [6.45, 7) is 7.84. The highest BCUT2D eigenvalue weighted by molar-refractivity contribution is 6.24. The Balaban J connectivity index is 1.65. The molecule has 4 rings (SSSR count). The molecule has 154 valence electrons. The van der Waals surface area contributed by atoms with Gasteiger partial charge in [-0.1, -0.05) is 12.1 Å². The highest BCUT2D eigenvalue weighted by atomic mass is 16.2. The predicted molar refractivity (Wildman–Crippen MR) is 105 cm³/mol. The van der Waals surface area contributed by atoms with Gasteiger partial charge in [0.25, 0.3) is 11.8 Å². The zero-order valence-corrected chi connectivity index (χ0v) is 16.9. The number of rotatable bonds is 3. The Morgan fingerprint density at radius 1 is 1.07 bits per heavy atom. The molecule has 0 bridgehead atoms. The Kier molecular flexibility index (Phi) is 5.00. The second-order valence-corrected chi connectivity index (χ2v) is 8.25. The number of benzene rings is 1. The van der Waals surface area contributed by atoms with Gasteiger partial charge in [-0.2, -0.15) is 0 Å². The van der Waals surface area contributed by atoms with Crippen molar-refractivity contribution in [3.8, 4) is 0 Å². The normalized spacial score (nSPS) is 30.5. The highest BCUT2D eigenvalue weighted by Gasteiger charge is 2.45. The predicted octanol–water partition coefficient (Wildman–Crippen LogP) is 0.659. The van der Waals surface area contributed by atoms with Crippen LogP contribution in [-0.4, -0.2) is 64.1 Å². The van der Waals surface area contributed by atoms with Crippen molar-refractivity contribution in [2.45, 2.75) is 64.3 Å². The Morgan fingerprint density at radius 3 is 2.55 bits per heavy atom. The van der Waals surface area contributed by atoms with Crippen LogP contribution < -0.4 is 10.6 Å². The van der Waals surface area contributed by atoms with Crippen molar-refractivity contribution in [2.24, 2.45) is 0 Å². The van der Waals surface area contributed by atoms with E-state index in [4.69, 9.17) is 0 Å². The lowest BCUT2D eigenvalue weighted by Gasteiger charge is -2.43. The number of hydrogen-bond donors (Lipinski definition) is 2. The van der Waals surface area contributed by atoms with Gasteiger partial charge < -0.3 is 5.32 Å². The van der Waals surface area contributed by atoms with Crippen LogP contribution in [0.3, 0.4) is 0 Å². The molecule has 0 spiro atoms. The highest BCUT2D eigenvalue weighted by Crippen LogP contribution is 2.31. The fraction of sp³-hybridized carbons (Fsp3) is 0.524. The summed E-state index contributed by atoms with van der Waals surface area (Å²) in [4.78, 5) is 53.3. The van der Waals surface area contributed by atoms with Crippen LogP contribution in [0.5, 0.6) is 0 Å². The first-order valence-corrected chi connectivity index (χ1v) is 10.1. The second-order valence-electron chi connectivity index (χ2n) is 8.25. The number of carbonyl (C=O) groups excluding carboxylic acids is 4. The number of nitrogens with zero attached hydrogens (tertiary/aromatic N) is 2. The first-order chi connectivity index (χ1) is 13.8. The minimum atomic E-state index is -0.940. The molecule has 8 heteroatoms. The molecular weight excluding hydrogens is 372 g/mol. The minimum Gasteiger partial charge on any atom is -0.311 e. The van der Waals surface area contributed by atoms with Crippen LogP contribution in [0.4, 0.5) is 0 Å². The van der Waals surface area contributed by atoms with Crippen LogP contribution in [0, 0.1) is 0 Å². The number of carbonyl (C=O) groups is 4. The molecule has 4 amide bonds. The molecule has 1 aromatic rings. The van der Waals surface area contributed by atoms with Gasteiger partial charge in [-0.05, 0) is 38.8 Å². The lowest BCUT2D eigenvalue weighted by molar-refractivity contribution is -0.136. The number of piperazine rings is 1. The first-order valence-electron chi connectivity index (χ1n) is 10.1. The number of piperidine rings is 1. The van der Waals surface area contributed by atoms with Crippen LogP contribution in [0.25, 0.3) is 0 Å². The van der Waals surface area contributed by atoms with Crippen molar-refractivity contribution in [1.82, 2.24) is 20.4 Å². The molecule has 0 saturated carbocycles. The van der Waals surface area contributed by atoms with Crippen molar-refractivity contribution in [3.05, 3.63) is 34.9 Å². The number of nitrogens with one attached hydrogen (secondary N) is 2. The molecule has 4 unspecified atom stereocenters. The molecule has 1 aromatic carbocycles. The summed E-state index contributed by atoms with van der Waals surface area (Å²) in [5.41, 5.74) is 1.51. The average molecular weight is 398 g/mol. The maximum Gasteiger partial charge on any atom is 0.262 e. The number of fused-ring (bicyclic) bond motifs is 1. The van der Waals surface area contributed by atoms with Gasteiger partial charge in [0, 0.05) is 37.6 Å². The number of amides is 4. The number of imide groups is 2. The molecule has 4 atom stereocenters. The summed E-state index contributed by atoms with van der Waals surface area (Å²) in [5.74, 6) is -1.87. The zero-order valence-electron chi connectivity index (χ0n) is 16.9. The second kappa shape index (κ2) is 7.35. The third-order valence-electron chi connectivity index (χ3n) is 6.46. The van der Waals surface area contributed by atoms with E-state index in [9.17, 15) is 19.2 Å². The molecule has 2 N–H and O–H groups in total. The van der Waals surface area contributed by atoms with Crippen molar-refractivity contribution < 1.29 is 19.2 Å². The van der Waals surface area contributed by atoms with Gasteiger partial charge in [-0.3, -0.25) is 34.3 Å². The van der Waals surface area contributed by atoms with Crippen molar-refractivity contribution in [3.63, 3.8) is 0 Å². The Hall–Kier alpha value is -2.58. The summed E-state index contributed by atoms with van der Waals surface area (Å²) >= 11 is 0. The standard InChI is InChI=1S/C21H26N4O4/c1-11-9-22-12(2)13(3)24(11)10-14-5-4-6-15-18(14)21(29)25(20(15)28)16-7-8-17(26)23-19(16)27/h4-6,11-13,16,22H,7-10H2,1-3H3,(H,23,26,27). The fourth-order valence-corrected chi connectivity index (χ4v) is 4.55. The fourth-order valence-electron chi connectivity index (χ4n) is 4.55. The van der Waals surface area contributed by atoms with Crippen LogP contribution >= 0.6 is 0 Å². The Labute approximate surface area is 169 Å². The van der Waals surface area contributed by atoms with Crippen LogP contribution in [0.1, 0.15) is 59.9 Å². The lowest BCUT2D eigenvalue weighted by Crippen LogP contribution is -2.59. The quantitative estimate of drug-likeness (QED) is 0.726. The summed E-state index contributed by atoms with van der Waals surface area (Å²) < 4.78 is 0. The summed E-state index contributed by atoms with van der Waals surface area (Å²) in [6, 6.07) is 5.24. The third-order valence-corrected chi connectivity index (χ3v) is 6.46. The van der Waals surface area contributed by atoms with Crippen LogP contribution in [0.15, 0.2) is 18.2 Å². The molecule has 29 heavy (non-hydrogen) atoms. The average Bonchev–Trinajstić information content (AvgIpc) is 2.94. The van der Waals surface area contributed by atoms with Gasteiger partial charge >= 0.3 is 0 Å². The van der Waals surface area contributed by atoms with E-state index in [1.54, 1.807) is 12.1 Å². The molecule has 3 aliphatic heterocycles. The Morgan fingerprint density at radius 2 is 1.83 bits per heavy atom. The van der Waals surface area contributed by atoms with E-state index in [1.807, 2.05) is 6.07 Å². The van der Waals surface area contributed by atoms with Gasteiger partial charge in [0.05, 0.1) is 11.1 Å². The largest absolute Gasteiger partial charge is 0.311 e. The Bertz CT molecular complexity index is 899. The monoisotopic (exact) mass is 398 g/mol. The van der Waals surface area contributed by atoms with Crippen LogP contribution in [0.2, 0.25) is 0 Å². The van der Waals surface area contributed by atoms with E-state index < -0.39 is 23.8 Å². The van der Waals surface area contributed by atoms with Gasteiger partial charge in [0.1, 0.15) is 6.04 Å². The summed E-state index contributed by atoms with van der Waals surface area (Å²) in [7, 11) is 0. The molecule has 0 aliphatic carbocycles. The molecule has 2 saturated heterocycles. The van der Waals surface area contributed by atoms with Crippen LogP contribution in [-0.2, 0) is 16.1 Å². The smallest absolute Gasteiger partial charge is 0.262 e. The number of hydrogen-bond acceptors (Lipinski definition) is 6. The topological polar surface area (TPSA) is 98.8 Å². The lowest BCUT2D eigenvalue weighted by atomic mass is 9.98. The van der Waals surface area contributed by atoms with Crippen molar-refractivity contribution >= 4 is 23.6 Å². The van der Waals surface area contributed by atoms with E-state index in [1.165, 1.54) is 0 Å². The molecular formula is C21H26N4O4. The molecule has 3 aliphatic rings. The zero-order chi connectivity index (χ0) is 20.9. The third kappa shape index (κ3) is 3.26. The van der Waals surface area contributed by atoms with E-state index in [0.29, 0.717) is 23.7 Å². The van der Waals surface area contributed by atoms with Crippen molar-refractivity contribution in [2.75, 3.05) is 6.54 Å². The molecule has 3 heterocycles. The maximum absolute atomic E-state index is 13.2. The van der Waals surface area contributed by atoms with E-state index in [0.717, 1.165) is 17.0 Å². The SMILES string of the molecule is CC1NCC(C)N(Cc2cccc3c2C(=O)N(C2CCC(=O)NC2=O)C3=O)C1C. The molecule has 0 aromatic heterocycles. The van der Waals surface area contributed by atoms with Gasteiger partial charge in [0.15, 0.2) is 0 Å². The van der Waals surface area contributed by atoms with E-state index in [-0.39, 0.29) is 30.8 Å². The first kappa shape index (κ1) is 19.7. The summed E-state index contributed by atoms with van der Waals surface area (Å²) in [5, 5.41) is 5.71. The minimum absolute atomic E-state index is 0.115. The van der Waals surface area contributed by atoms with Crippen molar-refractivity contribution in [1.29, 1.82) is 0 Å². The van der Waals surface area contributed by atoms with Gasteiger partial charge in [0.2, 0.25) is 11.8 Å². The van der Waals surface area contributed by atoms with E-state index >= 15 is 0 Å². The summed E-state index contributed by atoms with van der Waals surface area (Å²) in [6.07, 6.45) is 0.277. The van der Waals surface area contributed by atoms with Gasteiger partial charge in [-0.25, -0.2) is 0 Å². The van der Waals surface area contributed by atoms with E-state index in [2.05, 4.69) is 36.3 Å². The molecule has 0 radical (unpaired) electrons.